The molecule has 0 unspecified atom stereocenters. The normalized spacial score (nSPS) is 22.0. The van der Waals surface area contributed by atoms with Crippen LogP contribution in [0.4, 0.5) is 26.4 Å². The number of benzene rings is 1. The van der Waals surface area contributed by atoms with Crippen LogP contribution in [0, 0.1) is 11.6 Å². The Labute approximate surface area is 166 Å². The summed E-state index contributed by atoms with van der Waals surface area (Å²) in [4.78, 5) is 13.6. The van der Waals surface area contributed by atoms with E-state index < -0.39 is 11.6 Å². The van der Waals surface area contributed by atoms with Crippen LogP contribution in [0.3, 0.4) is 0 Å². The number of rotatable bonds is 5. The largest absolute Gasteiger partial charge is 0.393 e. The minimum atomic E-state index is -0.690. The Morgan fingerprint density at radius 2 is 1.83 bits per heavy atom. The number of imidazole rings is 1. The van der Waals surface area contributed by atoms with Gasteiger partial charge in [-0.3, -0.25) is 4.57 Å². The third-order valence-electron chi connectivity index (χ3n) is 5.55. The van der Waals surface area contributed by atoms with Crippen molar-refractivity contribution >= 4 is 28.7 Å². The second-order valence-corrected chi connectivity index (χ2v) is 7.84. The minimum Gasteiger partial charge on any atom is -0.393 e. The van der Waals surface area contributed by atoms with E-state index in [1.54, 1.807) is 6.20 Å². The summed E-state index contributed by atoms with van der Waals surface area (Å²) in [5.74, 6) is -0.337. The predicted molar refractivity (Wildman–Crippen MR) is 105 cm³/mol. The number of aromatic nitrogens is 4. The minimum absolute atomic E-state index is 0.0677. The zero-order valence-corrected chi connectivity index (χ0v) is 15.8. The Bertz CT molecular complexity index is 1040. The van der Waals surface area contributed by atoms with Crippen LogP contribution in [0.2, 0.25) is 0 Å². The molecule has 0 radical (unpaired) electrons. The third kappa shape index (κ3) is 3.74. The molecule has 3 aromatic rings. The number of aliphatic hydroxyl groups is 1. The first-order valence-corrected chi connectivity index (χ1v) is 9.98. The van der Waals surface area contributed by atoms with Crippen LogP contribution in [0.15, 0.2) is 24.4 Å². The van der Waals surface area contributed by atoms with Gasteiger partial charge in [0.05, 0.1) is 18.0 Å². The molecule has 0 atom stereocenters. The number of nitrogens with zero attached hydrogens (tertiary/aromatic N) is 4. The second-order valence-electron chi connectivity index (χ2n) is 7.84. The van der Waals surface area contributed by atoms with Gasteiger partial charge in [-0.25, -0.2) is 18.7 Å². The van der Waals surface area contributed by atoms with Crippen molar-refractivity contribution in [3.8, 4) is 0 Å². The summed E-state index contributed by atoms with van der Waals surface area (Å²) in [5, 5.41) is 16.2. The summed E-state index contributed by atoms with van der Waals surface area (Å²) in [6, 6.07) is 3.87. The average Bonchev–Trinajstić information content (AvgIpc) is 3.44. The third-order valence-corrected chi connectivity index (χ3v) is 5.55. The van der Waals surface area contributed by atoms with E-state index in [9.17, 15) is 13.9 Å². The van der Waals surface area contributed by atoms with Gasteiger partial charge < -0.3 is 15.7 Å². The molecule has 0 aliphatic heterocycles. The maximum Gasteiger partial charge on any atom is 0.224 e. The Kier molecular flexibility index (Phi) is 4.54. The zero-order chi connectivity index (χ0) is 20.0. The number of hydrogen-bond acceptors (Lipinski definition) is 6. The molecule has 0 spiro atoms. The van der Waals surface area contributed by atoms with Crippen molar-refractivity contribution in [2.45, 2.75) is 56.7 Å². The van der Waals surface area contributed by atoms with Gasteiger partial charge in [-0.1, -0.05) is 0 Å². The number of anilines is 3. The van der Waals surface area contributed by atoms with Gasteiger partial charge in [0, 0.05) is 18.2 Å². The average molecular weight is 400 g/mol. The van der Waals surface area contributed by atoms with Crippen LogP contribution in [-0.2, 0) is 0 Å². The first-order valence-electron chi connectivity index (χ1n) is 9.98. The van der Waals surface area contributed by atoms with E-state index >= 15 is 0 Å². The summed E-state index contributed by atoms with van der Waals surface area (Å²) < 4.78 is 29.5. The lowest BCUT2D eigenvalue weighted by Gasteiger charge is -2.28. The molecule has 2 saturated carbocycles. The molecule has 2 aliphatic rings. The van der Waals surface area contributed by atoms with Crippen LogP contribution in [0.25, 0.3) is 11.2 Å². The highest BCUT2D eigenvalue weighted by Gasteiger charge is 2.27. The van der Waals surface area contributed by atoms with Crippen molar-refractivity contribution in [2.75, 3.05) is 10.6 Å². The fourth-order valence-electron chi connectivity index (χ4n) is 3.83. The maximum absolute atomic E-state index is 14.2. The number of fused-ring (bicyclic) bond motifs is 1. The second kappa shape index (κ2) is 7.22. The first-order chi connectivity index (χ1) is 14.1. The highest BCUT2D eigenvalue weighted by molar-refractivity contribution is 5.76. The molecule has 0 amide bonds. The predicted octanol–water partition coefficient (Wildman–Crippen LogP) is 3.90. The molecule has 7 nitrogen and oxygen atoms in total. The van der Waals surface area contributed by atoms with Crippen molar-refractivity contribution < 1.29 is 13.9 Å². The summed E-state index contributed by atoms with van der Waals surface area (Å²) in [6.45, 7) is 0. The van der Waals surface area contributed by atoms with E-state index in [4.69, 9.17) is 0 Å². The van der Waals surface area contributed by atoms with Gasteiger partial charge in [0.1, 0.15) is 17.2 Å². The Balaban J connectivity index is 1.56. The Morgan fingerprint density at radius 3 is 2.55 bits per heavy atom. The van der Waals surface area contributed by atoms with E-state index in [-0.39, 0.29) is 17.8 Å². The lowest BCUT2D eigenvalue weighted by Crippen LogP contribution is -2.22. The number of hydrogen-bond donors (Lipinski definition) is 3. The first kappa shape index (κ1) is 18.2. The summed E-state index contributed by atoms with van der Waals surface area (Å²) in [5.41, 5.74) is 1.40. The summed E-state index contributed by atoms with van der Waals surface area (Å²) in [7, 11) is 0. The highest BCUT2D eigenvalue weighted by Crippen LogP contribution is 2.35. The van der Waals surface area contributed by atoms with Crippen molar-refractivity contribution in [2.24, 2.45) is 0 Å². The topological polar surface area (TPSA) is 87.9 Å². The molecule has 2 fully saturated rings. The molecule has 0 saturated heterocycles. The van der Waals surface area contributed by atoms with Gasteiger partial charge in [0.25, 0.3) is 0 Å². The lowest BCUT2D eigenvalue weighted by atomic mass is 9.93. The van der Waals surface area contributed by atoms with Gasteiger partial charge in [0.15, 0.2) is 5.65 Å². The molecule has 2 heterocycles. The molecule has 152 valence electrons. The van der Waals surface area contributed by atoms with Crippen LogP contribution in [-0.4, -0.2) is 36.8 Å². The molecular formula is C20H22F2N6O. The van der Waals surface area contributed by atoms with Crippen molar-refractivity contribution in [3.63, 3.8) is 0 Å². The molecule has 2 aliphatic carbocycles. The van der Waals surface area contributed by atoms with Gasteiger partial charge in [-0.05, 0) is 50.7 Å². The van der Waals surface area contributed by atoms with E-state index in [2.05, 4.69) is 25.6 Å². The molecule has 2 aromatic heterocycles. The lowest BCUT2D eigenvalue weighted by molar-refractivity contribution is 0.112. The van der Waals surface area contributed by atoms with Crippen LogP contribution >= 0.6 is 0 Å². The molecule has 3 N–H and O–H groups in total. The Morgan fingerprint density at radius 1 is 1.03 bits per heavy atom. The molecule has 9 heteroatoms. The van der Waals surface area contributed by atoms with Crippen LogP contribution in [0.1, 0.15) is 44.6 Å². The van der Waals surface area contributed by atoms with Crippen molar-refractivity contribution in [1.29, 1.82) is 0 Å². The van der Waals surface area contributed by atoms with Gasteiger partial charge in [0.2, 0.25) is 11.9 Å². The van der Waals surface area contributed by atoms with E-state index in [1.807, 2.05) is 4.57 Å². The van der Waals surface area contributed by atoms with Gasteiger partial charge >= 0.3 is 0 Å². The molecule has 1 aromatic carbocycles. The molecular weight excluding hydrogens is 378 g/mol. The fourth-order valence-corrected chi connectivity index (χ4v) is 3.83. The Hall–Kier alpha value is -2.81. The van der Waals surface area contributed by atoms with Crippen LogP contribution in [0.5, 0.6) is 0 Å². The van der Waals surface area contributed by atoms with Crippen molar-refractivity contribution in [1.82, 2.24) is 19.5 Å². The standard InChI is InChI=1S/C20H22F2N6O/c21-11-1-8-16(15(22)9-11)25-20-26-17-10-23-19(24-12-2-3-12)27-18(17)28(20)13-4-6-14(29)7-5-13/h1,8-10,12-14,29H,2-7H2,(H,25,26)(H,23,24,27)/t13-,14+. The maximum atomic E-state index is 14.2. The number of nitrogens with one attached hydrogen (secondary N) is 2. The smallest absolute Gasteiger partial charge is 0.224 e. The van der Waals surface area contributed by atoms with E-state index in [0.717, 1.165) is 31.7 Å². The zero-order valence-electron chi connectivity index (χ0n) is 15.8. The quantitative estimate of drug-likeness (QED) is 0.602. The molecule has 5 rings (SSSR count). The van der Waals surface area contributed by atoms with Gasteiger partial charge in [-0.2, -0.15) is 4.98 Å². The fraction of sp³-hybridized carbons (Fsp3) is 0.450. The van der Waals surface area contributed by atoms with E-state index in [1.165, 1.54) is 12.1 Å². The molecule has 29 heavy (non-hydrogen) atoms. The SMILES string of the molecule is O[C@H]1CC[C@@H](n2c(Nc3ccc(F)cc3F)nc3cnc(NC4CC4)nc32)CC1. The van der Waals surface area contributed by atoms with Crippen molar-refractivity contribution in [3.05, 3.63) is 36.0 Å². The highest BCUT2D eigenvalue weighted by atomic mass is 19.1. The monoisotopic (exact) mass is 400 g/mol. The number of halogens is 2. The summed E-state index contributed by atoms with van der Waals surface area (Å²) in [6.07, 6.45) is 6.49. The number of aliphatic hydroxyl groups excluding tert-OH is 1. The molecule has 0 bridgehead atoms. The van der Waals surface area contributed by atoms with Crippen LogP contribution < -0.4 is 10.6 Å². The van der Waals surface area contributed by atoms with E-state index in [0.29, 0.717) is 41.9 Å². The van der Waals surface area contributed by atoms with Gasteiger partial charge in [-0.15, -0.1) is 0 Å². The summed E-state index contributed by atoms with van der Waals surface area (Å²) >= 11 is 0.